The van der Waals surface area contributed by atoms with Crippen molar-refractivity contribution in [3.05, 3.63) is 35.6 Å². The molecular weight excluding hydrogens is 397 g/mol. The minimum Gasteiger partial charge on any atom is -0.379 e. The number of amides is 1. The van der Waals surface area contributed by atoms with Crippen LogP contribution in [-0.2, 0) is 19.6 Å². The summed E-state index contributed by atoms with van der Waals surface area (Å²) in [6, 6.07) is 5.53. The summed E-state index contributed by atoms with van der Waals surface area (Å²) in [5.74, 6) is -0.508. The van der Waals surface area contributed by atoms with Gasteiger partial charge in [-0.05, 0) is 37.0 Å². The molecule has 2 heterocycles. The molecule has 0 radical (unpaired) electrons. The molecule has 162 valence electrons. The summed E-state index contributed by atoms with van der Waals surface area (Å²) in [4.78, 5) is 15.1. The third-order valence-corrected chi connectivity index (χ3v) is 7.61. The molecule has 2 unspecified atom stereocenters. The molecule has 29 heavy (non-hydrogen) atoms. The average Bonchev–Trinajstić information content (AvgIpc) is 3.21. The van der Waals surface area contributed by atoms with Crippen molar-refractivity contribution in [3.8, 4) is 0 Å². The molecule has 1 aromatic rings. The predicted octanol–water partition coefficient (Wildman–Crippen LogP) is 1.52. The summed E-state index contributed by atoms with van der Waals surface area (Å²) in [6.45, 7) is 5.21. The maximum absolute atomic E-state index is 13.4. The largest absolute Gasteiger partial charge is 0.379 e. The van der Waals surface area contributed by atoms with Crippen LogP contribution in [0.3, 0.4) is 0 Å². The van der Waals surface area contributed by atoms with Crippen LogP contribution >= 0.6 is 0 Å². The predicted molar refractivity (Wildman–Crippen MR) is 108 cm³/mol. The number of carbonyl (C=O) groups is 1. The quantitative estimate of drug-likeness (QED) is 0.681. The molecule has 2 saturated heterocycles. The van der Waals surface area contributed by atoms with E-state index in [1.54, 1.807) is 12.1 Å². The van der Waals surface area contributed by atoms with Gasteiger partial charge in [0.25, 0.3) is 0 Å². The molecule has 2 atom stereocenters. The maximum Gasteiger partial charge on any atom is 0.238 e. The van der Waals surface area contributed by atoms with Gasteiger partial charge in [0.15, 0.2) is 0 Å². The maximum atomic E-state index is 13.4. The Balaban J connectivity index is 1.69. The van der Waals surface area contributed by atoms with Crippen molar-refractivity contribution in [2.24, 2.45) is 0 Å². The van der Waals surface area contributed by atoms with E-state index in [9.17, 15) is 17.6 Å². The minimum absolute atomic E-state index is 0.0583. The average molecular weight is 428 g/mol. The number of rotatable bonds is 8. The number of halogens is 1. The lowest BCUT2D eigenvalue weighted by Crippen LogP contribution is -2.49. The first kappa shape index (κ1) is 22.1. The summed E-state index contributed by atoms with van der Waals surface area (Å²) in [5.41, 5.74) is 0.912. The Labute approximate surface area is 172 Å². The number of hydrogen-bond acceptors (Lipinski definition) is 5. The number of sulfonamides is 1. The number of nitrogens with zero attached hydrogens (tertiary/aromatic N) is 2. The Bertz CT molecular complexity index is 781. The van der Waals surface area contributed by atoms with E-state index in [4.69, 9.17) is 4.74 Å². The smallest absolute Gasteiger partial charge is 0.238 e. The van der Waals surface area contributed by atoms with Crippen molar-refractivity contribution in [3.63, 3.8) is 0 Å². The summed E-state index contributed by atoms with van der Waals surface area (Å²) < 4.78 is 45.1. The van der Waals surface area contributed by atoms with Gasteiger partial charge in [-0.15, -0.1) is 0 Å². The first-order valence-corrected chi connectivity index (χ1v) is 11.9. The number of hydrogen-bond donors (Lipinski definition) is 1. The SMILES string of the molecule is CCCS(=O)(=O)N1CCCC1C(=O)NCC(c1ccc(F)cc1)N1CCOCC1. The third-order valence-electron chi connectivity index (χ3n) is 5.54. The van der Waals surface area contributed by atoms with Crippen LogP contribution in [0.15, 0.2) is 24.3 Å². The molecule has 0 spiro atoms. The van der Waals surface area contributed by atoms with E-state index in [-0.39, 0.29) is 23.5 Å². The lowest BCUT2D eigenvalue weighted by atomic mass is 10.0. The summed E-state index contributed by atoms with van der Waals surface area (Å²) in [6.07, 6.45) is 1.75. The van der Waals surface area contributed by atoms with Gasteiger partial charge < -0.3 is 10.1 Å². The minimum atomic E-state index is -3.42. The molecule has 3 rings (SSSR count). The number of nitrogens with one attached hydrogen (secondary N) is 1. The standard InChI is InChI=1S/C20H30FN3O4S/c1-2-14-29(26,27)24-9-3-4-18(24)20(25)22-15-19(23-10-12-28-13-11-23)16-5-7-17(21)8-6-16/h5-8,18-19H,2-4,9-15H2,1H3,(H,22,25). The van der Waals surface area contributed by atoms with Crippen LogP contribution in [0, 0.1) is 5.82 Å². The topological polar surface area (TPSA) is 79.0 Å². The number of ether oxygens (including phenoxy) is 1. The van der Waals surface area contributed by atoms with Crippen molar-refractivity contribution in [1.82, 2.24) is 14.5 Å². The Morgan fingerprint density at radius 2 is 1.93 bits per heavy atom. The molecule has 0 aliphatic carbocycles. The lowest BCUT2D eigenvalue weighted by molar-refractivity contribution is -0.124. The molecule has 7 nitrogen and oxygen atoms in total. The fraction of sp³-hybridized carbons (Fsp3) is 0.650. The van der Waals surface area contributed by atoms with Crippen LogP contribution in [0.5, 0.6) is 0 Å². The lowest BCUT2D eigenvalue weighted by Gasteiger charge is -2.35. The van der Waals surface area contributed by atoms with Gasteiger partial charge in [0, 0.05) is 26.2 Å². The fourth-order valence-corrected chi connectivity index (χ4v) is 5.80. The molecule has 1 aromatic carbocycles. The van der Waals surface area contributed by atoms with E-state index < -0.39 is 16.1 Å². The second-order valence-corrected chi connectivity index (χ2v) is 9.59. The first-order chi connectivity index (χ1) is 13.9. The zero-order valence-corrected chi connectivity index (χ0v) is 17.7. The second-order valence-electron chi connectivity index (χ2n) is 7.55. The third kappa shape index (κ3) is 5.53. The van der Waals surface area contributed by atoms with E-state index >= 15 is 0 Å². The zero-order valence-electron chi connectivity index (χ0n) is 16.8. The molecule has 9 heteroatoms. The molecule has 2 aliphatic rings. The van der Waals surface area contributed by atoms with Crippen LogP contribution in [0.1, 0.15) is 37.8 Å². The monoisotopic (exact) mass is 427 g/mol. The Morgan fingerprint density at radius 1 is 1.24 bits per heavy atom. The van der Waals surface area contributed by atoms with Crippen LogP contribution in [0.2, 0.25) is 0 Å². The Kier molecular flexibility index (Phi) is 7.61. The van der Waals surface area contributed by atoms with Crippen LogP contribution in [0.4, 0.5) is 4.39 Å². The van der Waals surface area contributed by atoms with Crippen molar-refractivity contribution >= 4 is 15.9 Å². The molecule has 0 aromatic heterocycles. The highest BCUT2D eigenvalue weighted by Crippen LogP contribution is 2.24. The molecular formula is C20H30FN3O4S. The highest BCUT2D eigenvalue weighted by Gasteiger charge is 2.38. The summed E-state index contributed by atoms with van der Waals surface area (Å²) in [5, 5.41) is 2.96. The molecule has 1 N–H and O–H groups in total. The molecule has 0 bridgehead atoms. The normalized spacial score (nSPS) is 22.5. The molecule has 2 aliphatic heterocycles. The van der Waals surface area contributed by atoms with Gasteiger partial charge in [-0.1, -0.05) is 19.1 Å². The van der Waals surface area contributed by atoms with E-state index in [2.05, 4.69) is 10.2 Å². The van der Waals surface area contributed by atoms with Crippen molar-refractivity contribution < 1.29 is 22.3 Å². The molecule has 0 saturated carbocycles. The molecule has 2 fully saturated rings. The second kappa shape index (κ2) is 9.97. The first-order valence-electron chi connectivity index (χ1n) is 10.3. The van der Waals surface area contributed by atoms with E-state index in [1.807, 2.05) is 6.92 Å². The van der Waals surface area contributed by atoms with Gasteiger partial charge in [0.1, 0.15) is 11.9 Å². The Morgan fingerprint density at radius 3 is 2.59 bits per heavy atom. The summed E-state index contributed by atoms with van der Waals surface area (Å²) >= 11 is 0. The van der Waals surface area contributed by atoms with Gasteiger partial charge in [-0.25, -0.2) is 12.8 Å². The van der Waals surface area contributed by atoms with Gasteiger partial charge in [-0.2, -0.15) is 4.31 Å². The Hall–Kier alpha value is -1.55. The van der Waals surface area contributed by atoms with Gasteiger partial charge in [0.05, 0.1) is 25.0 Å². The van der Waals surface area contributed by atoms with E-state index in [0.29, 0.717) is 45.6 Å². The van der Waals surface area contributed by atoms with Crippen molar-refractivity contribution in [2.45, 2.75) is 38.3 Å². The van der Waals surface area contributed by atoms with Crippen LogP contribution < -0.4 is 5.32 Å². The number of carbonyl (C=O) groups excluding carboxylic acids is 1. The zero-order chi connectivity index (χ0) is 20.9. The van der Waals surface area contributed by atoms with Gasteiger partial charge in [0.2, 0.25) is 15.9 Å². The highest BCUT2D eigenvalue weighted by atomic mass is 32.2. The van der Waals surface area contributed by atoms with E-state index in [0.717, 1.165) is 18.7 Å². The van der Waals surface area contributed by atoms with Crippen molar-refractivity contribution in [2.75, 3.05) is 45.1 Å². The number of benzene rings is 1. The van der Waals surface area contributed by atoms with Gasteiger partial charge in [-0.3, -0.25) is 9.69 Å². The van der Waals surface area contributed by atoms with Crippen molar-refractivity contribution in [1.29, 1.82) is 0 Å². The number of morpholine rings is 1. The summed E-state index contributed by atoms with van der Waals surface area (Å²) in [7, 11) is -3.42. The van der Waals surface area contributed by atoms with Crippen LogP contribution in [-0.4, -0.2) is 74.7 Å². The van der Waals surface area contributed by atoms with E-state index in [1.165, 1.54) is 16.4 Å². The van der Waals surface area contributed by atoms with Crippen LogP contribution in [0.25, 0.3) is 0 Å². The highest BCUT2D eigenvalue weighted by molar-refractivity contribution is 7.89. The molecule has 1 amide bonds. The van der Waals surface area contributed by atoms with Gasteiger partial charge >= 0.3 is 0 Å². The fourth-order valence-electron chi connectivity index (χ4n) is 4.06.